The molecule has 29 heavy (non-hydrogen) atoms. The van der Waals surface area contributed by atoms with Gasteiger partial charge in [-0.25, -0.2) is 0 Å². The molecule has 0 unspecified atom stereocenters. The molecule has 0 aliphatic carbocycles. The Kier molecular flexibility index (Phi) is 7.69. The fraction of sp³-hybridized carbons (Fsp3) is 0.348. The molecule has 1 aliphatic heterocycles. The number of ether oxygens (including phenoxy) is 1. The first kappa shape index (κ1) is 21.4. The minimum absolute atomic E-state index is 0.0380. The van der Waals surface area contributed by atoms with Gasteiger partial charge in [-0.15, -0.1) is 0 Å². The van der Waals surface area contributed by atoms with Crippen LogP contribution >= 0.6 is 11.6 Å². The van der Waals surface area contributed by atoms with E-state index in [0.717, 1.165) is 34.9 Å². The van der Waals surface area contributed by atoms with Crippen LogP contribution in [-0.4, -0.2) is 43.1 Å². The van der Waals surface area contributed by atoms with Crippen LogP contribution in [0, 0.1) is 0 Å². The number of para-hydroxylation sites is 1. The van der Waals surface area contributed by atoms with Crippen LogP contribution in [0.1, 0.15) is 17.5 Å². The van der Waals surface area contributed by atoms with Gasteiger partial charge in [0.15, 0.2) is 0 Å². The first-order valence-electron chi connectivity index (χ1n) is 9.86. The molecular weight excluding hydrogens is 386 g/mol. The number of amides is 1. The van der Waals surface area contributed by atoms with Crippen LogP contribution < -0.4 is 15.4 Å². The highest BCUT2D eigenvalue weighted by molar-refractivity contribution is 6.31. The number of likely N-dealkylation sites (tertiary alicyclic amines) is 1. The number of halogens is 1. The number of carbonyl (C=O) groups excluding carboxylic acids is 1. The summed E-state index contributed by atoms with van der Waals surface area (Å²) in [6.45, 7) is 6.28. The van der Waals surface area contributed by atoms with Crippen LogP contribution in [0.3, 0.4) is 0 Å². The summed E-state index contributed by atoms with van der Waals surface area (Å²) < 4.78 is 5.74. The Morgan fingerprint density at radius 3 is 2.69 bits per heavy atom. The molecule has 6 heteroatoms. The molecule has 1 heterocycles. The van der Waals surface area contributed by atoms with Crippen LogP contribution in [0.5, 0.6) is 5.75 Å². The standard InChI is InChI=1S/C23H28ClN3O2/c1-3-12-29-22-11-7-5-8-17(22)14-26-19-13-21(23(28)25-2)27(16-19)15-18-9-4-6-10-20(18)24/h3-11,19,21,26H,1,12-16H2,2H3,(H,25,28)/t19-,21+/m1/s1. The van der Waals surface area contributed by atoms with Crippen molar-refractivity contribution < 1.29 is 9.53 Å². The Morgan fingerprint density at radius 1 is 1.24 bits per heavy atom. The zero-order valence-electron chi connectivity index (χ0n) is 16.7. The Morgan fingerprint density at radius 2 is 1.97 bits per heavy atom. The smallest absolute Gasteiger partial charge is 0.237 e. The molecule has 5 nitrogen and oxygen atoms in total. The van der Waals surface area contributed by atoms with Gasteiger partial charge in [0.25, 0.3) is 0 Å². The second kappa shape index (κ2) is 10.4. The zero-order chi connectivity index (χ0) is 20.6. The number of hydrogen-bond acceptors (Lipinski definition) is 4. The van der Waals surface area contributed by atoms with E-state index in [1.54, 1.807) is 13.1 Å². The van der Waals surface area contributed by atoms with Crippen LogP contribution in [0.25, 0.3) is 0 Å². The molecule has 1 amide bonds. The van der Waals surface area contributed by atoms with Gasteiger partial charge < -0.3 is 15.4 Å². The molecule has 2 N–H and O–H groups in total. The number of nitrogens with zero attached hydrogens (tertiary/aromatic N) is 1. The highest BCUT2D eigenvalue weighted by Crippen LogP contribution is 2.25. The predicted molar refractivity (Wildman–Crippen MR) is 117 cm³/mol. The Bertz CT molecular complexity index is 842. The molecule has 2 aromatic rings. The van der Waals surface area contributed by atoms with E-state index < -0.39 is 0 Å². The Labute approximate surface area is 177 Å². The van der Waals surface area contributed by atoms with Crippen molar-refractivity contribution in [2.45, 2.75) is 31.6 Å². The number of benzene rings is 2. The monoisotopic (exact) mass is 413 g/mol. The molecular formula is C23H28ClN3O2. The molecule has 0 bridgehead atoms. The van der Waals surface area contributed by atoms with Gasteiger partial charge >= 0.3 is 0 Å². The quantitative estimate of drug-likeness (QED) is 0.619. The van der Waals surface area contributed by atoms with E-state index in [0.29, 0.717) is 19.7 Å². The third-order valence-electron chi connectivity index (χ3n) is 5.19. The normalized spacial score (nSPS) is 19.1. The fourth-order valence-corrected chi connectivity index (χ4v) is 3.90. The van der Waals surface area contributed by atoms with Gasteiger partial charge in [-0.1, -0.05) is 60.7 Å². The summed E-state index contributed by atoms with van der Waals surface area (Å²) in [5.41, 5.74) is 2.13. The average molecular weight is 414 g/mol. The lowest BCUT2D eigenvalue weighted by molar-refractivity contribution is -0.125. The summed E-state index contributed by atoms with van der Waals surface area (Å²) in [7, 11) is 1.68. The van der Waals surface area contributed by atoms with Crippen LogP contribution in [0.4, 0.5) is 0 Å². The number of carbonyl (C=O) groups is 1. The molecule has 3 rings (SSSR count). The van der Waals surface area contributed by atoms with Crippen molar-refractivity contribution in [3.63, 3.8) is 0 Å². The van der Waals surface area contributed by atoms with Crippen molar-refractivity contribution in [3.8, 4) is 5.75 Å². The van der Waals surface area contributed by atoms with Gasteiger partial charge in [0, 0.05) is 43.3 Å². The summed E-state index contributed by atoms with van der Waals surface area (Å²) in [4.78, 5) is 14.6. The molecule has 0 radical (unpaired) electrons. The number of nitrogens with one attached hydrogen (secondary N) is 2. The van der Waals surface area contributed by atoms with Gasteiger partial charge in [-0.2, -0.15) is 0 Å². The maximum absolute atomic E-state index is 12.4. The first-order chi connectivity index (χ1) is 14.1. The molecule has 0 aromatic heterocycles. The van der Waals surface area contributed by atoms with Crippen molar-refractivity contribution in [1.82, 2.24) is 15.5 Å². The van der Waals surface area contributed by atoms with Crippen molar-refractivity contribution in [2.75, 3.05) is 20.2 Å². The van der Waals surface area contributed by atoms with E-state index >= 15 is 0 Å². The molecule has 0 spiro atoms. The summed E-state index contributed by atoms with van der Waals surface area (Å²) in [6, 6.07) is 15.8. The molecule has 0 saturated carbocycles. The summed E-state index contributed by atoms with van der Waals surface area (Å²) in [5, 5.41) is 7.12. The van der Waals surface area contributed by atoms with Crippen molar-refractivity contribution in [2.24, 2.45) is 0 Å². The van der Waals surface area contributed by atoms with Gasteiger partial charge in [-0.05, 0) is 24.1 Å². The largest absolute Gasteiger partial charge is 0.489 e. The van der Waals surface area contributed by atoms with E-state index in [1.165, 1.54) is 0 Å². The van der Waals surface area contributed by atoms with Crippen molar-refractivity contribution >= 4 is 17.5 Å². The maximum atomic E-state index is 12.4. The predicted octanol–water partition coefficient (Wildman–Crippen LogP) is 3.38. The minimum atomic E-state index is -0.180. The lowest BCUT2D eigenvalue weighted by Gasteiger charge is -2.23. The van der Waals surface area contributed by atoms with Crippen molar-refractivity contribution in [1.29, 1.82) is 0 Å². The lowest BCUT2D eigenvalue weighted by Crippen LogP contribution is -2.41. The third kappa shape index (κ3) is 5.60. The zero-order valence-corrected chi connectivity index (χ0v) is 17.5. The summed E-state index contributed by atoms with van der Waals surface area (Å²) >= 11 is 6.34. The first-order valence-corrected chi connectivity index (χ1v) is 10.2. The Balaban J connectivity index is 1.66. The lowest BCUT2D eigenvalue weighted by atomic mass is 10.1. The maximum Gasteiger partial charge on any atom is 0.237 e. The van der Waals surface area contributed by atoms with E-state index in [9.17, 15) is 4.79 Å². The molecule has 1 saturated heterocycles. The second-order valence-corrected chi connectivity index (χ2v) is 7.58. The Hall–Kier alpha value is -2.34. The fourth-order valence-electron chi connectivity index (χ4n) is 3.70. The van der Waals surface area contributed by atoms with E-state index in [4.69, 9.17) is 16.3 Å². The number of likely N-dealkylation sites (N-methyl/N-ethyl adjacent to an activating group) is 1. The van der Waals surface area contributed by atoms with E-state index in [1.807, 2.05) is 42.5 Å². The van der Waals surface area contributed by atoms with Crippen LogP contribution in [0.15, 0.2) is 61.2 Å². The topological polar surface area (TPSA) is 53.6 Å². The highest BCUT2D eigenvalue weighted by atomic mass is 35.5. The van der Waals surface area contributed by atoms with Crippen LogP contribution in [-0.2, 0) is 17.9 Å². The van der Waals surface area contributed by atoms with E-state index in [2.05, 4.69) is 28.2 Å². The minimum Gasteiger partial charge on any atom is -0.489 e. The summed E-state index contributed by atoms with van der Waals surface area (Å²) in [6.07, 6.45) is 2.49. The van der Waals surface area contributed by atoms with Gasteiger partial charge in [-0.3, -0.25) is 9.69 Å². The molecule has 1 aliphatic rings. The number of hydrogen-bond donors (Lipinski definition) is 2. The molecule has 2 atom stereocenters. The molecule has 154 valence electrons. The van der Waals surface area contributed by atoms with E-state index in [-0.39, 0.29) is 18.0 Å². The van der Waals surface area contributed by atoms with Crippen LogP contribution in [0.2, 0.25) is 5.02 Å². The van der Waals surface area contributed by atoms with Crippen molar-refractivity contribution in [3.05, 3.63) is 77.3 Å². The van der Waals surface area contributed by atoms with Gasteiger partial charge in [0.05, 0.1) is 6.04 Å². The van der Waals surface area contributed by atoms with Gasteiger partial charge in [0.1, 0.15) is 12.4 Å². The highest BCUT2D eigenvalue weighted by Gasteiger charge is 2.36. The second-order valence-electron chi connectivity index (χ2n) is 7.17. The molecule has 1 fully saturated rings. The third-order valence-corrected chi connectivity index (χ3v) is 5.56. The SMILES string of the molecule is C=CCOc1ccccc1CN[C@@H]1C[C@@H](C(=O)NC)N(Cc2ccccc2Cl)C1. The number of rotatable bonds is 9. The average Bonchev–Trinajstić information content (AvgIpc) is 3.15. The van der Waals surface area contributed by atoms with Gasteiger partial charge in [0.2, 0.25) is 5.91 Å². The molecule has 2 aromatic carbocycles. The summed E-state index contributed by atoms with van der Waals surface area (Å²) in [5.74, 6) is 0.893.